The lowest BCUT2D eigenvalue weighted by Crippen LogP contribution is -2.47. The summed E-state index contributed by atoms with van der Waals surface area (Å²) in [6.45, 7) is 6.55. The quantitative estimate of drug-likeness (QED) is 0.0212. The van der Waals surface area contributed by atoms with E-state index >= 15 is 0 Å². The molecule has 0 bridgehead atoms. The molecule has 0 aromatic rings. The van der Waals surface area contributed by atoms with E-state index in [2.05, 4.69) is 111 Å². The second-order valence-electron chi connectivity index (χ2n) is 19.3. The number of hydrogen-bond acceptors (Lipinski definition) is 7. The van der Waals surface area contributed by atoms with Crippen LogP contribution in [-0.4, -0.2) is 69.4 Å². The van der Waals surface area contributed by atoms with Gasteiger partial charge in [0, 0.05) is 12.8 Å². The molecule has 1 amide bonds. The van der Waals surface area contributed by atoms with Crippen molar-refractivity contribution in [1.29, 1.82) is 0 Å². The van der Waals surface area contributed by atoms with Gasteiger partial charge in [0.25, 0.3) is 7.82 Å². The van der Waals surface area contributed by atoms with Crippen molar-refractivity contribution in [2.45, 2.75) is 226 Å². The number of ether oxygens (including phenoxy) is 1. The predicted molar refractivity (Wildman–Crippen MR) is 293 cm³/mol. The van der Waals surface area contributed by atoms with Gasteiger partial charge < -0.3 is 28.5 Å². The SMILES string of the molecule is CC/C=C/C/C=C/C/C=C/C/C=C/CCCCCC(=O)NC(COP(=O)([O-])OCC[N+](C)(C)C)C(/C=C/CCCCCCCCCCCCC)OC(=O)CCCCCC/C=C/C/C=C/C/C=C/CC. The molecule has 0 radical (unpaired) electrons. The number of phosphoric ester groups is 1. The second-order valence-corrected chi connectivity index (χ2v) is 20.7. The average molecular weight is 983 g/mol. The van der Waals surface area contributed by atoms with Crippen LogP contribution < -0.4 is 10.2 Å². The minimum Gasteiger partial charge on any atom is -0.756 e. The van der Waals surface area contributed by atoms with Crippen LogP contribution in [0.25, 0.3) is 0 Å². The second kappa shape index (κ2) is 48.6. The zero-order valence-corrected chi connectivity index (χ0v) is 45.9. The molecule has 0 saturated carbocycles. The summed E-state index contributed by atoms with van der Waals surface area (Å²) in [6.07, 6.45) is 63.7. The van der Waals surface area contributed by atoms with E-state index < -0.39 is 26.6 Å². The van der Waals surface area contributed by atoms with Gasteiger partial charge in [0.15, 0.2) is 0 Å². The molecule has 0 aliphatic heterocycles. The van der Waals surface area contributed by atoms with Crippen molar-refractivity contribution in [3.8, 4) is 0 Å². The van der Waals surface area contributed by atoms with Crippen molar-refractivity contribution in [1.82, 2.24) is 5.32 Å². The van der Waals surface area contributed by atoms with Crippen LogP contribution in [0.2, 0.25) is 0 Å². The summed E-state index contributed by atoms with van der Waals surface area (Å²) in [5.41, 5.74) is 0. The summed E-state index contributed by atoms with van der Waals surface area (Å²) in [7, 11) is 1.13. The lowest BCUT2D eigenvalue weighted by atomic mass is 10.0. The lowest BCUT2D eigenvalue weighted by Gasteiger charge is -2.30. The largest absolute Gasteiger partial charge is 0.756 e. The summed E-state index contributed by atoms with van der Waals surface area (Å²) < 4.78 is 30.2. The predicted octanol–water partition coefficient (Wildman–Crippen LogP) is 15.8. The van der Waals surface area contributed by atoms with Gasteiger partial charge in [-0.05, 0) is 102 Å². The molecule has 0 heterocycles. The topological polar surface area (TPSA) is 114 Å². The average Bonchev–Trinajstić information content (AvgIpc) is 3.31. The Morgan fingerprint density at radius 2 is 0.928 bits per heavy atom. The summed E-state index contributed by atoms with van der Waals surface area (Å²) in [5, 5.41) is 2.99. The number of phosphoric acid groups is 1. The molecular formula is C59H103N2O7P. The van der Waals surface area contributed by atoms with E-state index in [0.29, 0.717) is 23.9 Å². The first-order valence-corrected chi connectivity index (χ1v) is 29.0. The van der Waals surface area contributed by atoms with Crippen molar-refractivity contribution >= 4 is 19.7 Å². The number of hydrogen-bond donors (Lipinski definition) is 1. The van der Waals surface area contributed by atoms with Gasteiger partial charge in [-0.3, -0.25) is 14.2 Å². The fraction of sp³-hybridized carbons (Fsp3) is 0.695. The Morgan fingerprint density at radius 1 is 0.522 bits per heavy atom. The van der Waals surface area contributed by atoms with Crippen molar-refractivity contribution < 1.29 is 37.3 Å². The number of quaternary nitrogens is 1. The van der Waals surface area contributed by atoms with Gasteiger partial charge in [0.2, 0.25) is 5.91 Å². The number of rotatable bonds is 48. The molecule has 10 heteroatoms. The van der Waals surface area contributed by atoms with Gasteiger partial charge in [0.05, 0.1) is 33.8 Å². The Hall–Kier alpha value is -3.07. The maximum atomic E-state index is 13.5. The fourth-order valence-corrected chi connectivity index (χ4v) is 8.01. The normalized spacial score (nSPS) is 14.6. The number of nitrogens with zero attached hydrogens (tertiary/aromatic N) is 1. The number of allylic oxidation sites excluding steroid dienone is 15. The smallest absolute Gasteiger partial charge is 0.306 e. The van der Waals surface area contributed by atoms with Crippen molar-refractivity contribution in [2.24, 2.45) is 0 Å². The highest BCUT2D eigenvalue weighted by molar-refractivity contribution is 7.45. The lowest BCUT2D eigenvalue weighted by molar-refractivity contribution is -0.870. The standard InChI is InChI=1S/C59H103N2O7P/c1-7-10-13-16-19-22-25-28-30-31-33-36-39-42-45-48-51-58(62)60-56(55-67-69(64,65)66-54-53-61(4,5)6)57(50-47-44-41-38-35-32-27-24-21-18-15-12-9-3)68-59(63)52-49-46-43-40-37-34-29-26-23-20-17-14-11-8-2/h10-11,13-14,19-20,22-23,28-30,33-34,36,47,50,56-57H,7-9,12,15-18,21,24-27,31-32,35,37-46,48-49,51-55H2,1-6H3,(H-,60,62,64,65)/b13-10+,14-11+,22-19+,23-20+,30-28+,34-29+,36-33+,50-47+. The van der Waals surface area contributed by atoms with Gasteiger partial charge in [-0.15, -0.1) is 0 Å². The highest BCUT2D eigenvalue weighted by Crippen LogP contribution is 2.38. The molecule has 1 N–H and O–H groups in total. The van der Waals surface area contributed by atoms with E-state index in [-0.39, 0.29) is 31.3 Å². The van der Waals surface area contributed by atoms with E-state index in [1.54, 1.807) is 0 Å². The highest BCUT2D eigenvalue weighted by atomic mass is 31.2. The van der Waals surface area contributed by atoms with Gasteiger partial charge in [0.1, 0.15) is 19.3 Å². The van der Waals surface area contributed by atoms with Crippen LogP contribution in [0.1, 0.15) is 213 Å². The van der Waals surface area contributed by atoms with Gasteiger partial charge in [-0.25, -0.2) is 0 Å². The molecule has 0 aromatic heterocycles. The summed E-state index contributed by atoms with van der Waals surface area (Å²) in [5.74, 6) is -0.611. The first-order valence-electron chi connectivity index (χ1n) is 27.5. The summed E-state index contributed by atoms with van der Waals surface area (Å²) >= 11 is 0. The third kappa shape index (κ3) is 49.7. The number of unbranched alkanes of at least 4 members (excludes halogenated alkanes) is 18. The van der Waals surface area contributed by atoms with Gasteiger partial charge in [-0.1, -0.05) is 195 Å². The Bertz CT molecular complexity index is 1510. The summed E-state index contributed by atoms with van der Waals surface area (Å²) in [6, 6.07) is -0.918. The molecule has 0 saturated heterocycles. The number of nitrogens with one attached hydrogen (secondary N) is 1. The van der Waals surface area contributed by atoms with Gasteiger partial charge in [-0.2, -0.15) is 0 Å². The third-order valence-corrected chi connectivity index (χ3v) is 12.5. The Kier molecular flexibility index (Phi) is 46.4. The molecule has 3 atom stereocenters. The summed E-state index contributed by atoms with van der Waals surface area (Å²) in [4.78, 5) is 39.8. The van der Waals surface area contributed by atoms with E-state index in [4.69, 9.17) is 13.8 Å². The molecule has 0 fully saturated rings. The minimum absolute atomic E-state index is 0.0374. The number of carbonyl (C=O) groups is 2. The highest BCUT2D eigenvalue weighted by Gasteiger charge is 2.27. The van der Waals surface area contributed by atoms with Crippen LogP contribution >= 0.6 is 7.82 Å². The van der Waals surface area contributed by atoms with Crippen molar-refractivity contribution in [3.63, 3.8) is 0 Å². The zero-order chi connectivity index (χ0) is 50.8. The Morgan fingerprint density at radius 3 is 1.41 bits per heavy atom. The molecule has 0 aliphatic rings. The van der Waals surface area contributed by atoms with Crippen molar-refractivity contribution in [3.05, 3.63) is 97.2 Å². The molecule has 0 spiro atoms. The maximum Gasteiger partial charge on any atom is 0.306 e. The fourth-order valence-electron chi connectivity index (χ4n) is 7.29. The van der Waals surface area contributed by atoms with Crippen LogP contribution in [-0.2, 0) is 27.9 Å². The molecule has 0 aliphatic carbocycles. The van der Waals surface area contributed by atoms with E-state index in [9.17, 15) is 19.0 Å². The minimum atomic E-state index is -4.71. The monoisotopic (exact) mass is 983 g/mol. The number of carbonyl (C=O) groups excluding carboxylic acids is 2. The van der Waals surface area contributed by atoms with E-state index in [1.165, 1.54) is 57.8 Å². The first kappa shape index (κ1) is 65.9. The molecule has 396 valence electrons. The molecule has 69 heavy (non-hydrogen) atoms. The van der Waals surface area contributed by atoms with Crippen LogP contribution in [0.5, 0.6) is 0 Å². The molecule has 9 nitrogen and oxygen atoms in total. The number of likely N-dealkylation sites (N-methyl/N-ethyl adjacent to an activating group) is 1. The van der Waals surface area contributed by atoms with E-state index in [0.717, 1.165) is 109 Å². The third-order valence-electron chi connectivity index (χ3n) is 11.5. The number of amides is 1. The molecular weight excluding hydrogens is 880 g/mol. The van der Waals surface area contributed by atoms with Crippen molar-refractivity contribution in [2.75, 3.05) is 40.9 Å². The molecule has 3 unspecified atom stereocenters. The van der Waals surface area contributed by atoms with Crippen LogP contribution in [0, 0.1) is 0 Å². The molecule has 0 rings (SSSR count). The van der Waals surface area contributed by atoms with Crippen LogP contribution in [0.4, 0.5) is 0 Å². The van der Waals surface area contributed by atoms with E-state index in [1.807, 2.05) is 33.3 Å². The van der Waals surface area contributed by atoms with Crippen LogP contribution in [0.3, 0.4) is 0 Å². The van der Waals surface area contributed by atoms with Gasteiger partial charge >= 0.3 is 5.97 Å². The Balaban J connectivity index is 5.51. The van der Waals surface area contributed by atoms with Crippen LogP contribution in [0.15, 0.2) is 97.2 Å². The maximum absolute atomic E-state index is 13.5. The number of esters is 1. The zero-order valence-electron chi connectivity index (χ0n) is 45.0. The molecule has 0 aromatic carbocycles. The Labute approximate surface area is 424 Å². The first-order chi connectivity index (χ1) is 33.4.